The molecule has 1 aromatic heterocycles. The summed E-state index contributed by atoms with van der Waals surface area (Å²) in [4.78, 5) is 24.7. The van der Waals surface area contributed by atoms with Crippen molar-refractivity contribution in [3.8, 4) is 0 Å². The van der Waals surface area contributed by atoms with Crippen LogP contribution in [0.4, 0.5) is 0 Å². The van der Waals surface area contributed by atoms with Crippen LogP contribution < -0.4 is 11.1 Å². The van der Waals surface area contributed by atoms with Crippen LogP contribution in [0.25, 0.3) is 0 Å². The molecule has 4 nitrogen and oxygen atoms in total. The summed E-state index contributed by atoms with van der Waals surface area (Å²) in [6.07, 6.45) is 3.31. The number of halogens is 1. The SMILES string of the molecule is Cc1ccccc1Cn1ccn(Cc2ccc(Cl)cc2)c(=O)c1=O. The fraction of sp³-hybridized carbons (Fsp3) is 0.158. The van der Waals surface area contributed by atoms with E-state index in [1.807, 2.05) is 43.3 Å². The molecule has 0 fully saturated rings. The minimum atomic E-state index is -0.527. The quantitative estimate of drug-likeness (QED) is 0.685. The molecule has 0 aliphatic heterocycles. The molecule has 0 bridgehead atoms. The third kappa shape index (κ3) is 3.49. The standard InChI is InChI=1S/C19H17ClN2O2/c1-14-4-2-3-5-16(14)13-22-11-10-21(18(23)19(22)24)12-15-6-8-17(20)9-7-15/h2-11H,12-13H2,1H3. The largest absolute Gasteiger partial charge is 0.316 e. The van der Waals surface area contributed by atoms with Crippen molar-refractivity contribution in [2.75, 3.05) is 0 Å². The van der Waals surface area contributed by atoms with Crippen LogP contribution in [-0.2, 0) is 13.1 Å². The van der Waals surface area contributed by atoms with Gasteiger partial charge in [-0.1, -0.05) is 48.0 Å². The molecule has 5 heteroatoms. The molecule has 0 saturated carbocycles. The summed E-state index contributed by atoms with van der Waals surface area (Å²) < 4.78 is 2.86. The number of nitrogens with zero attached hydrogens (tertiary/aromatic N) is 2. The van der Waals surface area contributed by atoms with Crippen LogP contribution in [0.1, 0.15) is 16.7 Å². The van der Waals surface area contributed by atoms with E-state index in [9.17, 15) is 9.59 Å². The summed E-state index contributed by atoms with van der Waals surface area (Å²) >= 11 is 5.86. The molecule has 0 radical (unpaired) electrons. The van der Waals surface area contributed by atoms with Crippen molar-refractivity contribution in [2.24, 2.45) is 0 Å². The van der Waals surface area contributed by atoms with Gasteiger partial charge in [0.2, 0.25) is 0 Å². The van der Waals surface area contributed by atoms with Crippen molar-refractivity contribution in [1.29, 1.82) is 0 Å². The minimum absolute atomic E-state index is 0.344. The normalized spacial score (nSPS) is 10.8. The van der Waals surface area contributed by atoms with E-state index >= 15 is 0 Å². The van der Waals surface area contributed by atoms with E-state index < -0.39 is 11.1 Å². The molecule has 1 heterocycles. The van der Waals surface area contributed by atoms with E-state index in [0.29, 0.717) is 18.1 Å². The van der Waals surface area contributed by atoms with Gasteiger partial charge in [-0.3, -0.25) is 9.59 Å². The highest BCUT2D eigenvalue weighted by Crippen LogP contribution is 2.10. The van der Waals surface area contributed by atoms with Crippen LogP contribution in [0.3, 0.4) is 0 Å². The molecule has 0 aliphatic carbocycles. The van der Waals surface area contributed by atoms with Crippen molar-refractivity contribution >= 4 is 11.6 Å². The third-order valence-electron chi connectivity index (χ3n) is 4.00. The van der Waals surface area contributed by atoms with Crippen molar-refractivity contribution in [1.82, 2.24) is 9.13 Å². The van der Waals surface area contributed by atoms with E-state index in [1.165, 1.54) is 9.13 Å². The van der Waals surface area contributed by atoms with Crippen LogP contribution in [0.5, 0.6) is 0 Å². The fourth-order valence-electron chi connectivity index (χ4n) is 2.55. The molecule has 0 unspecified atom stereocenters. The zero-order valence-corrected chi connectivity index (χ0v) is 14.0. The smallest absolute Gasteiger partial charge is 0.305 e. The summed E-state index contributed by atoms with van der Waals surface area (Å²) in [5, 5.41) is 0.639. The van der Waals surface area contributed by atoms with E-state index in [4.69, 9.17) is 11.6 Å². The van der Waals surface area contributed by atoms with E-state index in [0.717, 1.165) is 16.7 Å². The lowest BCUT2D eigenvalue weighted by atomic mass is 10.1. The second-order valence-corrected chi connectivity index (χ2v) is 6.15. The number of rotatable bonds is 4. The molecule has 3 rings (SSSR count). The lowest BCUT2D eigenvalue weighted by Gasteiger charge is -2.10. The fourth-order valence-corrected chi connectivity index (χ4v) is 2.67. The van der Waals surface area contributed by atoms with Crippen molar-refractivity contribution in [3.05, 3.63) is 103 Å². The predicted molar refractivity (Wildman–Crippen MR) is 95.8 cm³/mol. The maximum atomic E-state index is 12.4. The number of aryl methyl sites for hydroxylation is 1. The molecule has 0 saturated heterocycles. The first kappa shape index (κ1) is 16.3. The van der Waals surface area contributed by atoms with Gasteiger partial charge in [0.15, 0.2) is 0 Å². The summed E-state index contributed by atoms with van der Waals surface area (Å²) in [7, 11) is 0. The minimum Gasteiger partial charge on any atom is -0.305 e. The maximum absolute atomic E-state index is 12.4. The Bertz CT molecular complexity index is 972. The average Bonchev–Trinajstić information content (AvgIpc) is 2.58. The third-order valence-corrected chi connectivity index (χ3v) is 4.25. The Hall–Kier alpha value is -2.59. The Kier molecular flexibility index (Phi) is 4.67. The first-order valence-electron chi connectivity index (χ1n) is 7.63. The monoisotopic (exact) mass is 340 g/mol. The van der Waals surface area contributed by atoms with Gasteiger partial charge in [-0.05, 0) is 35.7 Å². The number of benzene rings is 2. The summed E-state index contributed by atoms with van der Waals surface area (Å²) in [5.41, 5.74) is 1.98. The van der Waals surface area contributed by atoms with Gasteiger partial charge in [0.1, 0.15) is 0 Å². The molecular formula is C19H17ClN2O2. The number of hydrogen-bond donors (Lipinski definition) is 0. The molecule has 3 aromatic rings. The Morgan fingerprint density at radius 2 is 1.42 bits per heavy atom. The molecular weight excluding hydrogens is 324 g/mol. The van der Waals surface area contributed by atoms with Crippen LogP contribution >= 0.6 is 11.6 Å². The van der Waals surface area contributed by atoms with Crippen LogP contribution in [0, 0.1) is 6.92 Å². The van der Waals surface area contributed by atoms with E-state index in [-0.39, 0.29) is 0 Å². The average molecular weight is 341 g/mol. The van der Waals surface area contributed by atoms with Crippen LogP contribution in [0.15, 0.2) is 70.5 Å². The Morgan fingerprint density at radius 1 is 0.833 bits per heavy atom. The van der Waals surface area contributed by atoms with Crippen molar-refractivity contribution in [3.63, 3.8) is 0 Å². The van der Waals surface area contributed by atoms with Gasteiger partial charge in [0, 0.05) is 17.4 Å². The molecule has 0 amide bonds. The van der Waals surface area contributed by atoms with Crippen LogP contribution in [0.2, 0.25) is 5.02 Å². The molecule has 2 aromatic carbocycles. The van der Waals surface area contributed by atoms with Gasteiger partial charge >= 0.3 is 11.1 Å². The molecule has 0 aliphatic rings. The highest BCUT2D eigenvalue weighted by atomic mass is 35.5. The van der Waals surface area contributed by atoms with Crippen molar-refractivity contribution in [2.45, 2.75) is 20.0 Å². The lowest BCUT2D eigenvalue weighted by molar-refractivity contribution is 0.664. The van der Waals surface area contributed by atoms with Gasteiger partial charge in [-0.15, -0.1) is 0 Å². The second-order valence-electron chi connectivity index (χ2n) is 5.72. The van der Waals surface area contributed by atoms with Gasteiger partial charge in [0.05, 0.1) is 13.1 Å². The maximum Gasteiger partial charge on any atom is 0.316 e. The molecule has 122 valence electrons. The van der Waals surface area contributed by atoms with E-state index in [1.54, 1.807) is 24.5 Å². The summed E-state index contributed by atoms with van der Waals surface area (Å²) in [5.74, 6) is 0. The topological polar surface area (TPSA) is 44.0 Å². The first-order valence-corrected chi connectivity index (χ1v) is 8.01. The summed E-state index contributed by atoms with van der Waals surface area (Å²) in [6.45, 7) is 2.72. The second kappa shape index (κ2) is 6.89. The zero-order valence-electron chi connectivity index (χ0n) is 13.3. The van der Waals surface area contributed by atoms with Gasteiger partial charge < -0.3 is 9.13 Å². The lowest BCUT2D eigenvalue weighted by Crippen LogP contribution is -2.40. The first-order chi connectivity index (χ1) is 11.5. The van der Waals surface area contributed by atoms with Gasteiger partial charge in [-0.2, -0.15) is 0 Å². The molecule has 24 heavy (non-hydrogen) atoms. The van der Waals surface area contributed by atoms with E-state index in [2.05, 4.69) is 0 Å². The zero-order chi connectivity index (χ0) is 17.1. The molecule has 0 spiro atoms. The van der Waals surface area contributed by atoms with Crippen molar-refractivity contribution < 1.29 is 0 Å². The predicted octanol–water partition coefficient (Wildman–Crippen LogP) is 3.07. The summed E-state index contributed by atoms with van der Waals surface area (Å²) in [6, 6.07) is 15.0. The highest BCUT2D eigenvalue weighted by molar-refractivity contribution is 6.30. The number of hydrogen-bond acceptors (Lipinski definition) is 2. The van der Waals surface area contributed by atoms with Gasteiger partial charge in [0.25, 0.3) is 0 Å². The Morgan fingerprint density at radius 3 is 2.04 bits per heavy atom. The molecule has 0 N–H and O–H groups in total. The Labute approximate surface area is 144 Å². The molecule has 0 atom stereocenters. The van der Waals surface area contributed by atoms with Crippen LogP contribution in [-0.4, -0.2) is 9.13 Å². The van der Waals surface area contributed by atoms with Gasteiger partial charge in [-0.25, -0.2) is 0 Å². The Balaban J connectivity index is 1.89. The highest BCUT2D eigenvalue weighted by Gasteiger charge is 2.07. The number of aromatic nitrogens is 2.